The highest BCUT2D eigenvalue weighted by molar-refractivity contribution is 4.98. The maximum absolute atomic E-state index is 3.28. The molecule has 0 spiro atoms. The molecule has 0 fully saturated rings. The van der Waals surface area contributed by atoms with Crippen LogP contribution in [-0.4, -0.2) is 0 Å². The lowest BCUT2D eigenvalue weighted by molar-refractivity contribution is -0.703. The molecule has 0 amide bonds. The minimum absolute atomic E-state index is 1.08. The molecule has 0 saturated carbocycles. The predicted octanol–water partition coefficient (Wildman–Crippen LogP) is 4.43. The van der Waals surface area contributed by atoms with E-state index in [1.54, 1.807) is 0 Å². The van der Waals surface area contributed by atoms with Crippen molar-refractivity contribution in [3.63, 3.8) is 0 Å². The van der Waals surface area contributed by atoms with E-state index < -0.39 is 0 Å². The van der Waals surface area contributed by atoms with Crippen molar-refractivity contribution in [2.24, 2.45) is 0 Å². The predicted molar refractivity (Wildman–Crippen MR) is 81.8 cm³/mol. The summed E-state index contributed by atoms with van der Waals surface area (Å²) in [6.07, 6.45) is 12.0. The molecule has 0 aliphatic rings. The lowest BCUT2D eigenvalue weighted by Crippen LogP contribution is -2.36. The molecule has 0 saturated heterocycles. The molecular weight excluding hydrogens is 230 g/mol. The van der Waals surface area contributed by atoms with Crippen LogP contribution in [0.4, 0.5) is 0 Å². The second-order valence-corrected chi connectivity index (χ2v) is 5.16. The van der Waals surface area contributed by atoms with Crippen LogP contribution < -0.4 is 4.57 Å². The van der Waals surface area contributed by atoms with E-state index >= 15 is 0 Å². The van der Waals surface area contributed by atoms with E-state index in [0.717, 1.165) is 19.4 Å². The Morgan fingerprint density at radius 3 is 2.42 bits per heavy atom. The van der Waals surface area contributed by atoms with Gasteiger partial charge >= 0.3 is 0 Å². The summed E-state index contributed by atoms with van der Waals surface area (Å²) in [6, 6.07) is 6.38. The number of hydrogen-bond donors (Lipinski definition) is 0. The van der Waals surface area contributed by atoms with E-state index in [9.17, 15) is 0 Å². The second-order valence-electron chi connectivity index (χ2n) is 5.16. The molecular formula is C18H28N+. The van der Waals surface area contributed by atoms with Crippen molar-refractivity contribution in [1.29, 1.82) is 0 Å². The Bertz CT molecular complexity index is 398. The number of aryl methyl sites for hydroxylation is 2. The largest absolute Gasteiger partial charge is 0.203 e. The Kier molecular flexibility index (Phi) is 8.81. The van der Waals surface area contributed by atoms with Crippen molar-refractivity contribution in [3.8, 4) is 11.8 Å². The number of pyridine rings is 1. The average molecular weight is 258 g/mol. The van der Waals surface area contributed by atoms with E-state index in [1.807, 2.05) is 0 Å². The molecule has 0 aliphatic heterocycles. The Morgan fingerprint density at radius 1 is 0.947 bits per heavy atom. The number of nitrogens with zero attached hydrogens (tertiary/aromatic N) is 1. The van der Waals surface area contributed by atoms with E-state index in [1.165, 1.54) is 44.2 Å². The van der Waals surface area contributed by atoms with Crippen molar-refractivity contribution < 1.29 is 4.57 Å². The maximum atomic E-state index is 3.28. The summed E-state index contributed by atoms with van der Waals surface area (Å²) in [5, 5.41) is 0. The molecule has 1 heteroatoms. The van der Waals surface area contributed by atoms with Crippen LogP contribution in [-0.2, 0) is 6.54 Å². The molecule has 1 heterocycles. The molecule has 1 aromatic rings. The summed E-state index contributed by atoms with van der Waals surface area (Å²) in [7, 11) is 0. The first kappa shape index (κ1) is 15.8. The topological polar surface area (TPSA) is 3.88 Å². The zero-order valence-corrected chi connectivity index (χ0v) is 12.6. The van der Waals surface area contributed by atoms with Crippen molar-refractivity contribution in [2.75, 3.05) is 0 Å². The van der Waals surface area contributed by atoms with Gasteiger partial charge in [0.05, 0.1) is 0 Å². The molecule has 0 aliphatic carbocycles. The highest BCUT2D eigenvalue weighted by Crippen LogP contribution is 2.03. The summed E-state index contributed by atoms with van der Waals surface area (Å²) in [5.41, 5.74) is 1.35. The van der Waals surface area contributed by atoms with Gasteiger partial charge in [-0.1, -0.05) is 25.8 Å². The fourth-order valence-corrected chi connectivity index (χ4v) is 2.10. The average Bonchev–Trinajstić information content (AvgIpc) is 2.43. The summed E-state index contributed by atoms with van der Waals surface area (Å²) in [4.78, 5) is 0. The number of unbranched alkanes of at least 4 members (excludes halogenated alkanes) is 6. The monoisotopic (exact) mass is 258 g/mol. The lowest BCUT2D eigenvalue weighted by Gasteiger charge is -2.00. The lowest BCUT2D eigenvalue weighted by atomic mass is 10.1. The molecule has 104 valence electrons. The Morgan fingerprint density at radius 2 is 1.68 bits per heavy atom. The Hall–Kier alpha value is -1.29. The molecule has 0 N–H and O–H groups in total. The SMILES string of the molecule is CCCCC#CCCCCCC[n+]1ccccc1C. The molecule has 0 radical (unpaired) electrons. The molecule has 0 atom stereocenters. The van der Waals surface area contributed by atoms with Gasteiger partial charge in [0.1, 0.15) is 6.54 Å². The first-order chi connectivity index (χ1) is 9.34. The Labute approximate surface area is 119 Å². The van der Waals surface area contributed by atoms with Crippen molar-refractivity contribution in [2.45, 2.75) is 71.8 Å². The molecule has 1 rings (SSSR count). The molecule has 0 unspecified atom stereocenters. The van der Waals surface area contributed by atoms with Crippen molar-refractivity contribution in [1.82, 2.24) is 0 Å². The first-order valence-electron chi connectivity index (χ1n) is 7.75. The van der Waals surface area contributed by atoms with Crippen LogP contribution >= 0.6 is 0 Å². The molecule has 1 aromatic heterocycles. The van der Waals surface area contributed by atoms with Crippen LogP contribution in [0.2, 0.25) is 0 Å². The summed E-state index contributed by atoms with van der Waals surface area (Å²) >= 11 is 0. The molecule has 1 nitrogen and oxygen atoms in total. The molecule has 0 aromatic carbocycles. The van der Waals surface area contributed by atoms with E-state index in [2.05, 4.69) is 54.7 Å². The van der Waals surface area contributed by atoms with E-state index in [-0.39, 0.29) is 0 Å². The minimum atomic E-state index is 1.08. The van der Waals surface area contributed by atoms with Crippen molar-refractivity contribution in [3.05, 3.63) is 30.1 Å². The number of rotatable bonds is 8. The van der Waals surface area contributed by atoms with Gasteiger partial charge in [-0.3, -0.25) is 0 Å². The van der Waals surface area contributed by atoms with Gasteiger partial charge in [0.15, 0.2) is 11.9 Å². The fraction of sp³-hybridized carbons (Fsp3) is 0.611. The standard InChI is InChI=1S/C18H28N/c1-3-4-5-6-7-8-9-10-11-13-16-19-17-14-12-15-18(19)2/h12,14-15,17H,3-5,8-11,13,16H2,1-2H3/q+1. The van der Waals surface area contributed by atoms with Gasteiger partial charge in [-0.25, -0.2) is 4.57 Å². The van der Waals surface area contributed by atoms with Crippen LogP contribution in [0.1, 0.15) is 64.0 Å². The van der Waals surface area contributed by atoms with Crippen LogP contribution in [0.5, 0.6) is 0 Å². The van der Waals surface area contributed by atoms with Gasteiger partial charge in [0.2, 0.25) is 0 Å². The summed E-state index contributed by atoms with van der Waals surface area (Å²) < 4.78 is 2.34. The number of hydrogen-bond acceptors (Lipinski definition) is 0. The van der Waals surface area contributed by atoms with Crippen LogP contribution in [0.15, 0.2) is 24.4 Å². The van der Waals surface area contributed by atoms with Crippen LogP contribution in [0, 0.1) is 18.8 Å². The Balaban J connectivity index is 1.99. The number of aromatic nitrogens is 1. The third-order valence-corrected chi connectivity index (χ3v) is 3.40. The normalized spacial score (nSPS) is 10.0. The van der Waals surface area contributed by atoms with Gasteiger partial charge in [-0.05, 0) is 19.3 Å². The first-order valence-corrected chi connectivity index (χ1v) is 7.75. The van der Waals surface area contributed by atoms with Gasteiger partial charge in [0, 0.05) is 38.3 Å². The third kappa shape index (κ3) is 7.67. The highest BCUT2D eigenvalue weighted by atomic mass is 14.9. The second kappa shape index (κ2) is 10.6. The van der Waals surface area contributed by atoms with Gasteiger partial charge in [-0.2, -0.15) is 0 Å². The van der Waals surface area contributed by atoms with Gasteiger partial charge < -0.3 is 0 Å². The zero-order chi connectivity index (χ0) is 13.8. The molecule has 0 bridgehead atoms. The smallest absolute Gasteiger partial charge is 0.178 e. The van der Waals surface area contributed by atoms with Crippen LogP contribution in [0.3, 0.4) is 0 Å². The van der Waals surface area contributed by atoms with Crippen molar-refractivity contribution >= 4 is 0 Å². The summed E-state index contributed by atoms with van der Waals surface area (Å²) in [6.45, 7) is 5.54. The van der Waals surface area contributed by atoms with Crippen LogP contribution in [0.25, 0.3) is 0 Å². The third-order valence-electron chi connectivity index (χ3n) is 3.40. The van der Waals surface area contributed by atoms with E-state index in [4.69, 9.17) is 0 Å². The maximum Gasteiger partial charge on any atom is 0.178 e. The van der Waals surface area contributed by atoms with Gasteiger partial charge in [-0.15, -0.1) is 11.8 Å². The quantitative estimate of drug-likeness (QED) is 0.369. The highest BCUT2D eigenvalue weighted by Gasteiger charge is 2.02. The van der Waals surface area contributed by atoms with Gasteiger partial charge in [0.25, 0.3) is 0 Å². The molecule has 19 heavy (non-hydrogen) atoms. The summed E-state index contributed by atoms with van der Waals surface area (Å²) in [5.74, 6) is 6.54. The fourth-order valence-electron chi connectivity index (χ4n) is 2.10. The van der Waals surface area contributed by atoms with E-state index in [0.29, 0.717) is 0 Å². The zero-order valence-electron chi connectivity index (χ0n) is 12.6. The minimum Gasteiger partial charge on any atom is -0.203 e.